The van der Waals surface area contributed by atoms with Crippen molar-refractivity contribution in [3.63, 3.8) is 0 Å². The summed E-state index contributed by atoms with van der Waals surface area (Å²) in [6.07, 6.45) is 3.38. The predicted octanol–water partition coefficient (Wildman–Crippen LogP) is 2.50. The van der Waals surface area contributed by atoms with E-state index in [0.717, 1.165) is 11.3 Å². The first-order valence-electron chi connectivity index (χ1n) is 7.66. The van der Waals surface area contributed by atoms with Crippen molar-refractivity contribution in [3.8, 4) is 11.5 Å². The smallest absolute Gasteiger partial charge is 0.407 e. The first-order valence-corrected chi connectivity index (χ1v) is 7.66. The lowest BCUT2D eigenvalue weighted by atomic mass is 10.1. The van der Waals surface area contributed by atoms with Crippen LogP contribution in [-0.4, -0.2) is 36.5 Å². The molecule has 0 radical (unpaired) electrons. The molecule has 0 saturated heterocycles. The highest BCUT2D eigenvalue weighted by atomic mass is 16.6. The van der Waals surface area contributed by atoms with Crippen molar-refractivity contribution in [1.82, 2.24) is 10.6 Å². The van der Waals surface area contributed by atoms with Crippen LogP contribution in [0.1, 0.15) is 32.4 Å². The van der Waals surface area contributed by atoms with Gasteiger partial charge in [0.05, 0.1) is 6.04 Å². The predicted molar refractivity (Wildman–Crippen MR) is 87.7 cm³/mol. The Morgan fingerprint density at radius 2 is 2.13 bits per heavy atom. The Morgan fingerprint density at radius 3 is 2.87 bits per heavy atom. The fourth-order valence-corrected chi connectivity index (χ4v) is 2.20. The first kappa shape index (κ1) is 17.1. The summed E-state index contributed by atoms with van der Waals surface area (Å²) >= 11 is 0. The van der Waals surface area contributed by atoms with E-state index in [2.05, 4.69) is 10.6 Å². The van der Waals surface area contributed by atoms with Gasteiger partial charge in [0.25, 0.3) is 0 Å². The zero-order valence-electron chi connectivity index (χ0n) is 13.8. The third-order valence-corrected chi connectivity index (χ3v) is 3.19. The van der Waals surface area contributed by atoms with E-state index in [-0.39, 0.29) is 11.8 Å². The number of rotatable bonds is 5. The zero-order valence-corrected chi connectivity index (χ0v) is 13.8. The minimum absolute atomic E-state index is 0.106. The largest absolute Gasteiger partial charge is 0.508 e. The average molecular weight is 320 g/mol. The Labute approximate surface area is 136 Å². The molecule has 126 valence electrons. The van der Waals surface area contributed by atoms with Gasteiger partial charge in [-0.3, -0.25) is 0 Å². The number of hydrogen-bond donors (Lipinski definition) is 3. The van der Waals surface area contributed by atoms with Crippen LogP contribution in [0.3, 0.4) is 0 Å². The maximum absolute atomic E-state index is 11.4. The molecular formula is C17H24N2O4. The molecule has 6 heteroatoms. The Kier molecular flexibility index (Phi) is 5.50. The lowest BCUT2D eigenvalue weighted by Crippen LogP contribution is -2.32. The molecule has 3 N–H and O–H groups in total. The second-order valence-electron chi connectivity index (χ2n) is 6.35. The molecular weight excluding hydrogens is 296 g/mol. The number of amides is 1. The molecule has 1 heterocycles. The van der Waals surface area contributed by atoms with E-state index in [1.54, 1.807) is 12.1 Å². The molecule has 1 aromatic rings. The number of fused-ring (bicyclic) bond motifs is 1. The molecule has 1 amide bonds. The van der Waals surface area contributed by atoms with Gasteiger partial charge < -0.3 is 25.2 Å². The third kappa shape index (κ3) is 5.49. The Hall–Kier alpha value is -2.21. The van der Waals surface area contributed by atoms with Crippen molar-refractivity contribution in [1.29, 1.82) is 0 Å². The summed E-state index contributed by atoms with van der Waals surface area (Å²) in [5, 5.41) is 15.4. The fraction of sp³-hybridized carbons (Fsp3) is 0.471. The van der Waals surface area contributed by atoms with Crippen LogP contribution in [0, 0.1) is 0 Å². The van der Waals surface area contributed by atoms with Gasteiger partial charge in [-0.1, -0.05) is 12.2 Å². The average Bonchev–Trinajstić information content (AvgIpc) is 2.83. The lowest BCUT2D eigenvalue weighted by molar-refractivity contribution is 0.0534. The van der Waals surface area contributed by atoms with Crippen molar-refractivity contribution in [2.24, 2.45) is 0 Å². The van der Waals surface area contributed by atoms with E-state index in [4.69, 9.17) is 9.47 Å². The zero-order chi connectivity index (χ0) is 16.9. The summed E-state index contributed by atoms with van der Waals surface area (Å²) in [5.74, 6) is 0.926. The van der Waals surface area contributed by atoms with E-state index in [9.17, 15) is 9.90 Å². The third-order valence-electron chi connectivity index (χ3n) is 3.19. The minimum atomic E-state index is -0.486. The molecule has 0 saturated carbocycles. The summed E-state index contributed by atoms with van der Waals surface area (Å²) in [5.41, 5.74) is 0.558. The topological polar surface area (TPSA) is 79.8 Å². The highest BCUT2D eigenvalue weighted by Crippen LogP contribution is 2.34. The van der Waals surface area contributed by atoms with Gasteiger partial charge in [0.2, 0.25) is 0 Å². The van der Waals surface area contributed by atoms with Gasteiger partial charge in [-0.05, 0) is 32.9 Å². The van der Waals surface area contributed by atoms with Gasteiger partial charge >= 0.3 is 6.09 Å². The number of benzene rings is 1. The second-order valence-corrected chi connectivity index (χ2v) is 6.35. The van der Waals surface area contributed by atoms with Crippen LogP contribution in [0.4, 0.5) is 4.79 Å². The minimum Gasteiger partial charge on any atom is -0.508 e. The molecule has 0 bridgehead atoms. The van der Waals surface area contributed by atoms with Crippen molar-refractivity contribution in [3.05, 3.63) is 35.9 Å². The highest BCUT2D eigenvalue weighted by Gasteiger charge is 2.23. The van der Waals surface area contributed by atoms with E-state index in [0.29, 0.717) is 19.7 Å². The van der Waals surface area contributed by atoms with Crippen molar-refractivity contribution in [2.45, 2.75) is 32.4 Å². The summed E-state index contributed by atoms with van der Waals surface area (Å²) in [4.78, 5) is 11.4. The number of ether oxygens (including phenoxy) is 2. The number of alkyl carbamates (subject to hydrolysis) is 1. The normalized spacial score (nSPS) is 16.9. The van der Waals surface area contributed by atoms with Gasteiger partial charge in [0.1, 0.15) is 23.7 Å². The second kappa shape index (κ2) is 7.37. The molecule has 0 aromatic heterocycles. The van der Waals surface area contributed by atoms with Crippen LogP contribution in [-0.2, 0) is 4.74 Å². The van der Waals surface area contributed by atoms with Gasteiger partial charge in [-0.2, -0.15) is 0 Å². The maximum atomic E-state index is 11.4. The van der Waals surface area contributed by atoms with E-state index < -0.39 is 11.7 Å². The van der Waals surface area contributed by atoms with Gasteiger partial charge in [-0.15, -0.1) is 0 Å². The van der Waals surface area contributed by atoms with Crippen LogP contribution in [0.2, 0.25) is 0 Å². The Morgan fingerprint density at radius 1 is 1.39 bits per heavy atom. The van der Waals surface area contributed by atoms with Crippen LogP contribution in [0.25, 0.3) is 0 Å². The SMILES string of the molecule is CC(C)(C)OC(=O)NC/C=C/CNC1COc2cc(O)ccc21. The quantitative estimate of drug-likeness (QED) is 0.726. The van der Waals surface area contributed by atoms with Crippen molar-refractivity contribution in [2.75, 3.05) is 19.7 Å². The fourth-order valence-electron chi connectivity index (χ4n) is 2.20. The molecule has 0 aliphatic carbocycles. The maximum Gasteiger partial charge on any atom is 0.407 e. The number of hydrogen-bond acceptors (Lipinski definition) is 5. The molecule has 1 aromatic carbocycles. The lowest BCUT2D eigenvalue weighted by Gasteiger charge is -2.19. The van der Waals surface area contributed by atoms with E-state index in [1.807, 2.05) is 39.0 Å². The Balaban J connectivity index is 1.68. The van der Waals surface area contributed by atoms with Crippen molar-refractivity contribution >= 4 is 6.09 Å². The molecule has 2 rings (SSSR count). The molecule has 1 unspecified atom stereocenters. The first-order chi connectivity index (χ1) is 10.8. The monoisotopic (exact) mass is 320 g/mol. The molecule has 23 heavy (non-hydrogen) atoms. The van der Waals surface area contributed by atoms with Crippen LogP contribution >= 0.6 is 0 Å². The number of aromatic hydroxyl groups is 1. The molecule has 1 aliphatic rings. The number of phenolic OH excluding ortho intramolecular Hbond substituents is 1. The van der Waals surface area contributed by atoms with E-state index in [1.165, 1.54) is 0 Å². The summed E-state index contributed by atoms with van der Waals surface area (Å²) in [7, 11) is 0. The van der Waals surface area contributed by atoms with Crippen LogP contribution < -0.4 is 15.4 Å². The van der Waals surface area contributed by atoms with E-state index >= 15 is 0 Å². The molecule has 0 spiro atoms. The van der Waals surface area contributed by atoms with Gasteiger partial charge in [0, 0.05) is 24.7 Å². The molecule has 1 aliphatic heterocycles. The number of phenols is 1. The van der Waals surface area contributed by atoms with Crippen LogP contribution in [0.15, 0.2) is 30.4 Å². The standard InChI is InChI=1S/C17H24N2O4/c1-17(2,3)23-16(21)19-9-5-4-8-18-14-11-22-15-10-12(20)6-7-13(14)15/h4-7,10,14,18,20H,8-9,11H2,1-3H3,(H,19,21)/b5-4+. The van der Waals surface area contributed by atoms with Gasteiger partial charge in [0.15, 0.2) is 0 Å². The number of carbonyl (C=O) groups excluding carboxylic acids is 1. The van der Waals surface area contributed by atoms with Gasteiger partial charge in [-0.25, -0.2) is 4.79 Å². The summed E-state index contributed by atoms with van der Waals surface area (Å²) < 4.78 is 10.7. The molecule has 0 fully saturated rings. The molecule has 6 nitrogen and oxygen atoms in total. The van der Waals surface area contributed by atoms with Crippen LogP contribution in [0.5, 0.6) is 11.5 Å². The Bertz CT molecular complexity index is 578. The van der Waals surface area contributed by atoms with Crippen molar-refractivity contribution < 1.29 is 19.4 Å². The number of carbonyl (C=O) groups is 1. The summed E-state index contributed by atoms with van der Waals surface area (Å²) in [6, 6.07) is 5.25. The summed E-state index contributed by atoms with van der Waals surface area (Å²) in [6.45, 7) is 7.10. The molecule has 1 atom stereocenters. The highest BCUT2D eigenvalue weighted by molar-refractivity contribution is 5.67. The number of nitrogens with one attached hydrogen (secondary N) is 2.